The van der Waals surface area contributed by atoms with E-state index in [0.29, 0.717) is 37.1 Å². The first-order valence-electron chi connectivity index (χ1n) is 12.1. The average Bonchev–Trinajstić information content (AvgIpc) is 3.29. The van der Waals surface area contributed by atoms with Crippen LogP contribution in [0.2, 0.25) is 5.02 Å². The standard InChI is InChI=1S/C26H30ClIN6O/c1-18-4-9-23-24(18)25(32-28-31-23)33-11-13-34(14-12-33)26(35)22(20-5-7-21(27)8-6-20)17-30-16-19-3-2-10-29-15-19/h2-3,5-8,10,15,18,22,30H,4,9,11-14,16-17H2,1H3/t18-,22?/m1/s1. The van der Waals surface area contributed by atoms with E-state index in [9.17, 15) is 4.79 Å². The Morgan fingerprint density at radius 3 is 2.74 bits per heavy atom. The number of hydrogen-bond donors (Lipinski definition) is 1. The van der Waals surface area contributed by atoms with Crippen LogP contribution in [0, 0.1) is 5.92 Å². The van der Waals surface area contributed by atoms with Crippen LogP contribution in [0.3, 0.4) is 0 Å². The number of allylic oxidation sites excluding steroid dienone is 1. The highest BCUT2D eigenvalue weighted by molar-refractivity contribution is 14.1. The van der Waals surface area contributed by atoms with Gasteiger partial charge in [0.15, 0.2) is 0 Å². The molecule has 1 aromatic heterocycles. The molecule has 3 heterocycles. The van der Waals surface area contributed by atoms with Crippen LogP contribution in [0.5, 0.6) is 0 Å². The molecule has 7 nitrogen and oxygen atoms in total. The first kappa shape index (κ1) is 24.5. The molecule has 1 aliphatic carbocycles. The number of amides is 1. The summed E-state index contributed by atoms with van der Waals surface area (Å²) in [4.78, 5) is 22.3. The molecule has 9 heteroatoms. The molecule has 1 unspecified atom stereocenters. The van der Waals surface area contributed by atoms with Crippen molar-refractivity contribution in [3.63, 3.8) is 0 Å². The van der Waals surface area contributed by atoms with Gasteiger partial charge in [-0.15, -0.1) is 0 Å². The number of carbonyl (C=O) groups excluding carboxylic acids is 1. The molecule has 0 spiro atoms. The molecule has 2 aliphatic heterocycles. The summed E-state index contributed by atoms with van der Waals surface area (Å²) in [6, 6.07) is 11.6. The zero-order valence-corrected chi connectivity index (χ0v) is 22.7. The number of amidine groups is 1. The number of aromatic nitrogens is 1. The van der Waals surface area contributed by atoms with E-state index >= 15 is 0 Å². The van der Waals surface area contributed by atoms with Crippen molar-refractivity contribution in [2.75, 3.05) is 32.7 Å². The van der Waals surface area contributed by atoms with E-state index in [1.807, 2.05) is 47.5 Å². The second kappa shape index (κ2) is 11.3. The van der Waals surface area contributed by atoms with E-state index in [4.69, 9.17) is 18.0 Å². The van der Waals surface area contributed by atoms with Gasteiger partial charge in [-0.2, -0.15) is 3.21 Å². The molecule has 0 bridgehead atoms. The molecule has 0 saturated carbocycles. The number of halogens is 2. The van der Waals surface area contributed by atoms with Crippen molar-refractivity contribution < 1.29 is 4.79 Å². The minimum absolute atomic E-state index is 0.160. The molecule has 2 aromatic rings. The smallest absolute Gasteiger partial charge is 0.231 e. The minimum Gasteiger partial charge on any atom is -0.352 e. The van der Waals surface area contributed by atoms with Gasteiger partial charge in [-0.1, -0.05) is 36.7 Å². The third kappa shape index (κ3) is 5.65. The van der Waals surface area contributed by atoms with Gasteiger partial charge in [0, 0.05) is 62.3 Å². The fraction of sp³-hybridized carbons (Fsp3) is 0.423. The van der Waals surface area contributed by atoms with Crippen LogP contribution >= 0.6 is 32.9 Å². The van der Waals surface area contributed by atoms with E-state index in [0.717, 1.165) is 36.5 Å². The van der Waals surface area contributed by atoms with E-state index in [2.05, 4.69) is 22.1 Å². The van der Waals surface area contributed by atoms with Gasteiger partial charge in [0.1, 0.15) is 27.1 Å². The second-order valence-corrected chi connectivity index (χ2v) is 11.1. The van der Waals surface area contributed by atoms with Gasteiger partial charge in [-0.05, 0) is 48.1 Å². The van der Waals surface area contributed by atoms with E-state index < -0.39 is 21.3 Å². The number of pyridine rings is 1. The Morgan fingerprint density at radius 2 is 2.00 bits per heavy atom. The van der Waals surface area contributed by atoms with Crippen molar-refractivity contribution in [2.45, 2.75) is 32.2 Å². The fourth-order valence-electron chi connectivity index (χ4n) is 4.99. The number of hydrogen-bond acceptors (Lipinski definition) is 6. The van der Waals surface area contributed by atoms with Crippen molar-refractivity contribution in [3.8, 4) is 0 Å². The summed E-state index contributed by atoms with van der Waals surface area (Å²) in [7, 11) is 0. The van der Waals surface area contributed by atoms with Crippen molar-refractivity contribution in [3.05, 3.63) is 76.2 Å². The molecule has 35 heavy (non-hydrogen) atoms. The lowest BCUT2D eigenvalue weighted by Gasteiger charge is -2.39. The first-order chi connectivity index (χ1) is 17.1. The lowest BCUT2D eigenvalue weighted by Crippen LogP contribution is -2.52. The summed E-state index contributed by atoms with van der Waals surface area (Å²) in [5.41, 5.74) is 4.73. The van der Waals surface area contributed by atoms with Crippen LogP contribution < -0.4 is 5.32 Å². The largest absolute Gasteiger partial charge is 0.352 e. The molecule has 1 saturated heterocycles. The molecule has 1 amide bonds. The molecule has 1 N–H and O–H groups in total. The number of rotatable bonds is 6. The van der Waals surface area contributed by atoms with E-state index in [-0.39, 0.29) is 11.8 Å². The number of carbonyl (C=O) groups is 1. The highest BCUT2D eigenvalue weighted by Gasteiger charge is 2.34. The third-order valence-corrected chi connectivity index (χ3v) is 8.70. The van der Waals surface area contributed by atoms with Crippen molar-refractivity contribution >= 4 is 44.7 Å². The second-order valence-electron chi connectivity index (χ2n) is 9.28. The SMILES string of the molecule is C[C@@H]1CCC2=C1C(N1CCN(C(=O)C(CNCc3cccnc3)c3ccc(Cl)cc3)CC1)=NI=N2. The maximum atomic E-state index is 13.7. The number of piperazine rings is 1. The van der Waals surface area contributed by atoms with Crippen molar-refractivity contribution in [1.29, 1.82) is 0 Å². The summed E-state index contributed by atoms with van der Waals surface area (Å²) in [5.74, 6) is 1.58. The summed E-state index contributed by atoms with van der Waals surface area (Å²) in [6.07, 6.45) is 5.87. The Hall–Kier alpha value is -2.17. The number of benzene rings is 1. The highest BCUT2D eigenvalue weighted by atomic mass is 127. The Bertz CT molecular complexity index is 1140. The molecule has 3 aliphatic rings. The van der Waals surface area contributed by atoms with Crippen LogP contribution in [-0.4, -0.2) is 59.3 Å². The minimum atomic E-state index is -0.491. The lowest BCUT2D eigenvalue weighted by molar-refractivity contribution is -0.134. The van der Waals surface area contributed by atoms with Crippen LogP contribution in [0.15, 0.2) is 66.4 Å². The first-order valence-corrected chi connectivity index (χ1v) is 14.5. The molecule has 184 valence electrons. The summed E-state index contributed by atoms with van der Waals surface area (Å²) in [6.45, 7) is 6.55. The molecule has 1 aromatic carbocycles. The van der Waals surface area contributed by atoms with Crippen LogP contribution in [0.1, 0.15) is 36.8 Å². The zero-order chi connectivity index (χ0) is 24.2. The van der Waals surface area contributed by atoms with Gasteiger partial charge in [-0.25, -0.2) is 3.15 Å². The molecular weight excluding hydrogens is 575 g/mol. The Kier molecular flexibility index (Phi) is 7.89. The third-order valence-electron chi connectivity index (χ3n) is 6.98. The van der Waals surface area contributed by atoms with Gasteiger partial charge >= 0.3 is 0 Å². The number of nitrogens with zero attached hydrogens (tertiary/aromatic N) is 5. The Labute approximate surface area is 222 Å². The normalized spacial score (nSPS) is 20.9. The van der Waals surface area contributed by atoms with Gasteiger partial charge < -0.3 is 15.1 Å². The van der Waals surface area contributed by atoms with Gasteiger partial charge in [0.05, 0.1) is 11.6 Å². The van der Waals surface area contributed by atoms with E-state index in [1.165, 1.54) is 17.7 Å². The predicted octanol–water partition coefficient (Wildman–Crippen LogP) is 4.92. The topological polar surface area (TPSA) is 73.2 Å². The average molecular weight is 605 g/mol. The van der Waals surface area contributed by atoms with Crippen LogP contribution in [0.25, 0.3) is 0 Å². The maximum absolute atomic E-state index is 13.7. The lowest BCUT2D eigenvalue weighted by atomic mass is 9.96. The van der Waals surface area contributed by atoms with Crippen LogP contribution in [-0.2, 0) is 11.3 Å². The summed E-state index contributed by atoms with van der Waals surface area (Å²) >= 11 is 5.63. The summed E-state index contributed by atoms with van der Waals surface area (Å²) in [5, 5.41) is 4.14. The fourth-order valence-corrected chi connectivity index (χ4v) is 6.75. The molecular formula is C26H30ClIN6O. The monoisotopic (exact) mass is 604 g/mol. The van der Waals surface area contributed by atoms with Crippen molar-refractivity contribution in [1.82, 2.24) is 20.1 Å². The number of nitrogens with one attached hydrogen (secondary N) is 1. The van der Waals surface area contributed by atoms with Crippen molar-refractivity contribution in [2.24, 2.45) is 12.3 Å². The van der Waals surface area contributed by atoms with Gasteiger partial charge in [0.25, 0.3) is 0 Å². The predicted molar refractivity (Wildman–Crippen MR) is 148 cm³/mol. The molecule has 5 rings (SSSR count). The molecule has 1 fully saturated rings. The quantitative estimate of drug-likeness (QED) is 0.476. The van der Waals surface area contributed by atoms with E-state index in [1.54, 1.807) is 6.20 Å². The maximum Gasteiger partial charge on any atom is 0.231 e. The highest BCUT2D eigenvalue weighted by Crippen LogP contribution is 2.39. The van der Waals surface area contributed by atoms with Crippen LogP contribution in [0.4, 0.5) is 0 Å². The Morgan fingerprint density at radius 1 is 1.20 bits per heavy atom. The summed E-state index contributed by atoms with van der Waals surface area (Å²) < 4.78 is 9.61. The molecule has 2 atom stereocenters. The Balaban J connectivity index is 1.25. The van der Waals surface area contributed by atoms with Gasteiger partial charge in [-0.3, -0.25) is 9.78 Å². The van der Waals surface area contributed by atoms with Gasteiger partial charge in [0.2, 0.25) is 5.91 Å². The molecule has 0 radical (unpaired) electrons. The zero-order valence-electron chi connectivity index (χ0n) is 19.8.